The van der Waals surface area contributed by atoms with Crippen molar-refractivity contribution in [3.8, 4) is 11.3 Å². The summed E-state index contributed by atoms with van der Waals surface area (Å²) in [6.45, 7) is 2.83. The molecule has 21 heavy (non-hydrogen) atoms. The molecule has 2 N–H and O–H groups in total. The zero-order chi connectivity index (χ0) is 14.8. The lowest BCUT2D eigenvalue weighted by Crippen LogP contribution is -2.03. The molecule has 3 aromatic heterocycles. The van der Waals surface area contributed by atoms with Crippen LogP contribution < -0.4 is 5.73 Å². The minimum atomic E-state index is 0.515. The van der Waals surface area contributed by atoms with E-state index in [4.69, 9.17) is 5.73 Å². The summed E-state index contributed by atoms with van der Waals surface area (Å²) in [5.74, 6) is 0.515. The highest BCUT2D eigenvalue weighted by molar-refractivity contribution is 5.70. The van der Waals surface area contributed by atoms with Crippen LogP contribution in [0.15, 0.2) is 37.1 Å². The van der Waals surface area contributed by atoms with Gasteiger partial charge in [0, 0.05) is 30.6 Å². The molecule has 3 heterocycles. The van der Waals surface area contributed by atoms with Crippen LogP contribution in [0.1, 0.15) is 18.2 Å². The maximum Gasteiger partial charge on any atom is 0.132 e. The van der Waals surface area contributed by atoms with Crippen LogP contribution in [-0.2, 0) is 20.0 Å². The van der Waals surface area contributed by atoms with Gasteiger partial charge in [-0.05, 0) is 18.6 Å². The van der Waals surface area contributed by atoms with Crippen molar-refractivity contribution < 1.29 is 0 Å². The molecular weight excluding hydrogens is 264 g/mol. The lowest BCUT2D eigenvalue weighted by molar-refractivity contribution is 0.746. The molecule has 0 atom stereocenters. The molecule has 6 nitrogen and oxygen atoms in total. The van der Waals surface area contributed by atoms with Gasteiger partial charge in [-0.1, -0.05) is 6.92 Å². The molecule has 0 saturated carbocycles. The molecule has 0 radical (unpaired) electrons. The lowest BCUT2D eigenvalue weighted by Gasteiger charge is -2.09. The first-order chi connectivity index (χ1) is 10.2. The molecule has 0 amide bonds. The molecule has 3 aromatic rings. The van der Waals surface area contributed by atoms with Crippen LogP contribution in [0.5, 0.6) is 0 Å². The molecule has 0 saturated heterocycles. The standard InChI is InChI=1S/C15H18N6/c1-3-13-11(8-20(2)19-13)9-21-10-17-7-14(21)12-5-4-6-18-15(12)16/h4-8,10H,3,9H2,1-2H3,(H2,16,18). The Balaban J connectivity index is 1.98. The maximum atomic E-state index is 5.97. The van der Waals surface area contributed by atoms with Gasteiger partial charge in [-0.25, -0.2) is 9.97 Å². The van der Waals surface area contributed by atoms with Gasteiger partial charge in [0.05, 0.1) is 30.5 Å². The monoisotopic (exact) mass is 282 g/mol. The molecule has 0 aliphatic carbocycles. The fourth-order valence-corrected chi connectivity index (χ4v) is 2.50. The normalized spacial score (nSPS) is 11.0. The number of anilines is 1. The van der Waals surface area contributed by atoms with Crippen molar-refractivity contribution in [2.75, 3.05) is 5.73 Å². The predicted octanol–water partition coefficient (Wildman–Crippen LogP) is 1.87. The Morgan fingerprint density at radius 3 is 2.95 bits per heavy atom. The van der Waals surface area contributed by atoms with Gasteiger partial charge in [-0.15, -0.1) is 0 Å². The number of aromatic nitrogens is 5. The largest absolute Gasteiger partial charge is 0.383 e. The lowest BCUT2D eigenvalue weighted by atomic mass is 10.1. The molecule has 0 fully saturated rings. The number of nitrogens with two attached hydrogens (primary N) is 1. The van der Waals surface area contributed by atoms with Crippen LogP contribution in [-0.4, -0.2) is 24.3 Å². The third-order valence-corrected chi connectivity index (χ3v) is 3.49. The summed E-state index contributed by atoms with van der Waals surface area (Å²) in [4.78, 5) is 8.39. The molecule has 0 aliphatic heterocycles. The van der Waals surface area contributed by atoms with Crippen molar-refractivity contribution >= 4 is 5.82 Å². The van der Waals surface area contributed by atoms with E-state index in [1.165, 1.54) is 5.56 Å². The molecular formula is C15H18N6. The fourth-order valence-electron chi connectivity index (χ4n) is 2.50. The van der Waals surface area contributed by atoms with Crippen LogP contribution in [0.4, 0.5) is 5.82 Å². The first-order valence-corrected chi connectivity index (χ1v) is 6.91. The smallest absolute Gasteiger partial charge is 0.132 e. The van der Waals surface area contributed by atoms with E-state index in [0.717, 1.165) is 29.9 Å². The average Bonchev–Trinajstić information content (AvgIpc) is 3.06. The average molecular weight is 282 g/mol. The Bertz CT molecular complexity index is 755. The van der Waals surface area contributed by atoms with Crippen molar-refractivity contribution in [1.29, 1.82) is 0 Å². The van der Waals surface area contributed by atoms with Crippen molar-refractivity contribution in [2.24, 2.45) is 7.05 Å². The van der Waals surface area contributed by atoms with Gasteiger partial charge in [0.1, 0.15) is 5.82 Å². The van der Waals surface area contributed by atoms with Gasteiger partial charge in [0.25, 0.3) is 0 Å². The Morgan fingerprint density at radius 2 is 2.19 bits per heavy atom. The summed E-state index contributed by atoms with van der Waals surface area (Å²) in [6, 6.07) is 3.84. The number of hydrogen-bond donors (Lipinski definition) is 1. The van der Waals surface area contributed by atoms with E-state index in [1.54, 1.807) is 6.20 Å². The number of rotatable bonds is 4. The van der Waals surface area contributed by atoms with Gasteiger partial charge >= 0.3 is 0 Å². The van der Waals surface area contributed by atoms with Gasteiger partial charge < -0.3 is 10.3 Å². The van der Waals surface area contributed by atoms with E-state index in [9.17, 15) is 0 Å². The SMILES string of the molecule is CCc1nn(C)cc1Cn1cncc1-c1cccnc1N. The third-order valence-electron chi connectivity index (χ3n) is 3.49. The fraction of sp³-hybridized carbons (Fsp3) is 0.267. The van der Waals surface area contributed by atoms with Crippen LogP contribution in [0.25, 0.3) is 11.3 Å². The van der Waals surface area contributed by atoms with Crippen LogP contribution in [0.3, 0.4) is 0 Å². The Labute approximate surface area is 123 Å². The molecule has 0 aliphatic rings. The van der Waals surface area contributed by atoms with Gasteiger partial charge in [0.2, 0.25) is 0 Å². The second-order valence-electron chi connectivity index (χ2n) is 4.97. The Kier molecular flexibility index (Phi) is 3.43. The van der Waals surface area contributed by atoms with E-state index in [-0.39, 0.29) is 0 Å². The molecule has 0 unspecified atom stereocenters. The number of aryl methyl sites for hydroxylation is 2. The van der Waals surface area contributed by atoms with E-state index >= 15 is 0 Å². The summed E-state index contributed by atoms with van der Waals surface area (Å²) in [5.41, 5.74) is 10.1. The zero-order valence-corrected chi connectivity index (χ0v) is 12.2. The van der Waals surface area contributed by atoms with E-state index in [2.05, 4.69) is 32.8 Å². The van der Waals surface area contributed by atoms with Crippen molar-refractivity contribution in [2.45, 2.75) is 19.9 Å². The van der Waals surface area contributed by atoms with Crippen molar-refractivity contribution in [3.63, 3.8) is 0 Å². The minimum absolute atomic E-state index is 0.515. The highest BCUT2D eigenvalue weighted by atomic mass is 15.3. The second kappa shape index (κ2) is 5.40. The first kappa shape index (κ1) is 13.4. The highest BCUT2D eigenvalue weighted by Crippen LogP contribution is 2.24. The second-order valence-corrected chi connectivity index (χ2v) is 4.97. The summed E-state index contributed by atoms with van der Waals surface area (Å²) in [6.07, 6.45) is 8.28. The summed E-state index contributed by atoms with van der Waals surface area (Å²) < 4.78 is 3.92. The minimum Gasteiger partial charge on any atom is -0.383 e. The Hall–Kier alpha value is -2.63. The molecule has 0 bridgehead atoms. The molecule has 0 aromatic carbocycles. The third kappa shape index (κ3) is 2.52. The van der Waals surface area contributed by atoms with Crippen LogP contribution >= 0.6 is 0 Å². The van der Waals surface area contributed by atoms with Gasteiger partial charge in [-0.3, -0.25) is 4.68 Å². The molecule has 108 valence electrons. The quantitative estimate of drug-likeness (QED) is 0.792. The number of hydrogen-bond acceptors (Lipinski definition) is 4. The molecule has 0 spiro atoms. The predicted molar refractivity (Wildman–Crippen MR) is 81.6 cm³/mol. The highest BCUT2D eigenvalue weighted by Gasteiger charge is 2.12. The number of nitrogen functional groups attached to an aromatic ring is 1. The van der Waals surface area contributed by atoms with Gasteiger partial charge in [0.15, 0.2) is 0 Å². The number of imidazole rings is 1. The topological polar surface area (TPSA) is 74.5 Å². The summed E-state index contributed by atoms with van der Waals surface area (Å²) in [7, 11) is 1.94. The molecule has 3 rings (SSSR count). The first-order valence-electron chi connectivity index (χ1n) is 6.91. The van der Waals surface area contributed by atoms with Crippen molar-refractivity contribution in [1.82, 2.24) is 24.3 Å². The summed E-state index contributed by atoms with van der Waals surface area (Å²) in [5, 5.41) is 4.48. The maximum absolute atomic E-state index is 5.97. The van der Waals surface area contributed by atoms with Gasteiger partial charge in [-0.2, -0.15) is 5.10 Å². The van der Waals surface area contributed by atoms with Crippen LogP contribution in [0.2, 0.25) is 0 Å². The molecule has 6 heteroatoms. The number of pyridine rings is 1. The van der Waals surface area contributed by atoms with E-state index in [0.29, 0.717) is 5.82 Å². The number of nitrogens with zero attached hydrogens (tertiary/aromatic N) is 5. The Morgan fingerprint density at radius 1 is 1.33 bits per heavy atom. The van der Waals surface area contributed by atoms with Crippen molar-refractivity contribution in [3.05, 3.63) is 48.3 Å². The van der Waals surface area contributed by atoms with E-state index in [1.807, 2.05) is 36.4 Å². The van der Waals surface area contributed by atoms with E-state index < -0.39 is 0 Å². The summed E-state index contributed by atoms with van der Waals surface area (Å²) >= 11 is 0. The zero-order valence-electron chi connectivity index (χ0n) is 12.2. The van der Waals surface area contributed by atoms with Crippen LogP contribution in [0, 0.1) is 0 Å².